The lowest BCUT2D eigenvalue weighted by Gasteiger charge is -2.57. The molecular weight excluding hydrogens is 876 g/mol. The average Bonchev–Trinajstić information content (AvgIpc) is 3.91. The van der Waals surface area contributed by atoms with Crippen molar-refractivity contribution in [3.63, 3.8) is 0 Å². The molecule has 4 heteroatoms. The number of fused-ring (bicyclic) bond motifs is 11. The van der Waals surface area contributed by atoms with Crippen molar-refractivity contribution in [1.29, 1.82) is 0 Å². The van der Waals surface area contributed by atoms with Gasteiger partial charge in [-0.15, -0.1) is 11.3 Å². The van der Waals surface area contributed by atoms with Gasteiger partial charge in [0.15, 0.2) is 0 Å². The van der Waals surface area contributed by atoms with E-state index in [0.29, 0.717) is 5.41 Å². The molecule has 8 bridgehead atoms. The number of anilines is 2. The second kappa shape index (κ2) is 13.7. The van der Waals surface area contributed by atoms with Gasteiger partial charge in [0.1, 0.15) is 0 Å². The van der Waals surface area contributed by atoms with Gasteiger partial charge in [-0.3, -0.25) is 0 Å². The van der Waals surface area contributed by atoms with Gasteiger partial charge < -0.3 is 9.38 Å². The summed E-state index contributed by atoms with van der Waals surface area (Å²) in [6, 6.07) is 58.4. The molecule has 0 N–H and O–H groups in total. The molecule has 2 nitrogen and oxygen atoms in total. The van der Waals surface area contributed by atoms with Crippen LogP contribution in [0.15, 0.2) is 146 Å². The van der Waals surface area contributed by atoms with E-state index in [9.17, 15) is 0 Å². The van der Waals surface area contributed by atoms with Crippen LogP contribution in [0.4, 0.5) is 11.4 Å². The zero-order chi connectivity index (χ0) is 46.1. The van der Waals surface area contributed by atoms with Crippen molar-refractivity contribution in [2.24, 2.45) is 35.5 Å². The third kappa shape index (κ3) is 5.35. The lowest BCUT2D eigenvalue weighted by molar-refractivity contribution is -0.00526. The summed E-state index contributed by atoms with van der Waals surface area (Å²) in [5.41, 5.74) is 20.4. The topological polar surface area (TPSA) is 8.17 Å². The Kier molecular flexibility index (Phi) is 7.62. The monoisotopic (exact) mass is 932 g/mol. The zero-order valence-electron chi connectivity index (χ0n) is 40.7. The predicted molar refractivity (Wildman–Crippen MR) is 300 cm³/mol. The molecule has 2 aromatic heterocycles. The van der Waals surface area contributed by atoms with Crippen LogP contribution in [0.1, 0.15) is 93.7 Å². The Bertz CT molecular complexity index is 3910. The van der Waals surface area contributed by atoms with Crippen molar-refractivity contribution in [1.82, 2.24) is 4.57 Å². The molecule has 8 fully saturated rings. The number of hydrogen-bond donors (Lipinski definition) is 0. The summed E-state index contributed by atoms with van der Waals surface area (Å²) in [5.74, 6) is 5.42. The van der Waals surface area contributed by atoms with Crippen LogP contribution >= 0.6 is 11.3 Å². The molecule has 4 heterocycles. The fraction of sp³-hybridized carbons (Fsp3) is 0.313. The average molecular weight is 933 g/mol. The summed E-state index contributed by atoms with van der Waals surface area (Å²) in [4.78, 5) is 2.82. The summed E-state index contributed by atoms with van der Waals surface area (Å²) >= 11 is 1.96. The summed E-state index contributed by atoms with van der Waals surface area (Å²) in [5, 5.41) is 8.38. The number of benzene rings is 8. The Morgan fingerprint density at radius 3 is 1.76 bits per heavy atom. The fourth-order valence-corrected chi connectivity index (χ4v) is 20.0. The first-order valence-corrected chi connectivity index (χ1v) is 28.3. The van der Waals surface area contributed by atoms with E-state index in [1.54, 1.807) is 11.1 Å². The van der Waals surface area contributed by atoms with E-state index in [1.807, 2.05) is 11.3 Å². The highest BCUT2D eigenvalue weighted by Gasteiger charge is 2.54. The molecule has 0 radical (unpaired) electrons. The fourth-order valence-electron chi connectivity index (χ4n) is 18.9. The first-order valence-electron chi connectivity index (χ1n) is 27.5. The Morgan fingerprint density at radius 2 is 1.07 bits per heavy atom. The van der Waals surface area contributed by atoms with Gasteiger partial charge in [0, 0.05) is 53.6 Å². The van der Waals surface area contributed by atoms with E-state index in [-0.39, 0.29) is 12.3 Å². The van der Waals surface area contributed by atoms with Crippen molar-refractivity contribution >= 4 is 93.2 Å². The van der Waals surface area contributed by atoms with E-state index in [0.717, 1.165) is 35.5 Å². The molecule has 8 aromatic carbocycles. The minimum Gasteiger partial charge on any atom is -0.376 e. The molecule has 0 saturated heterocycles. The SMILES string of the molecule is Cc1cc2c3c(c1)-n1c4ccc(C56CC7CC(CC(C7)C5)C6)cc4c4cc(C56CC7CC(CC(C7)C5)C6)cc(c41)B3N(c1ccc(-c3ccccc3)cc1)c1cc3c(cc1-2)sc1cc2ccccc2cc13. The third-order valence-electron chi connectivity index (χ3n) is 20.8. The van der Waals surface area contributed by atoms with Gasteiger partial charge in [-0.05, 0) is 246 Å². The quantitative estimate of drug-likeness (QED) is 0.160. The third-order valence-corrected chi connectivity index (χ3v) is 21.9. The Balaban J connectivity index is 0.938. The smallest absolute Gasteiger partial charge is 0.333 e. The van der Waals surface area contributed by atoms with E-state index in [1.165, 1.54) is 186 Å². The van der Waals surface area contributed by atoms with Gasteiger partial charge in [0.25, 0.3) is 0 Å². The van der Waals surface area contributed by atoms with Crippen LogP contribution in [0, 0.1) is 42.4 Å². The Morgan fingerprint density at radius 1 is 0.479 bits per heavy atom. The maximum atomic E-state index is 2.82. The minimum atomic E-state index is 0.00894. The highest BCUT2D eigenvalue weighted by atomic mass is 32.1. The molecule has 2 aliphatic heterocycles. The first-order chi connectivity index (χ1) is 34.9. The molecule has 0 atom stereocenters. The van der Waals surface area contributed by atoms with E-state index in [4.69, 9.17) is 0 Å². The number of hydrogen-bond acceptors (Lipinski definition) is 2. The maximum Gasteiger partial charge on any atom is 0.333 e. The second-order valence-corrected chi connectivity index (χ2v) is 26.1. The van der Waals surface area contributed by atoms with Crippen LogP contribution in [-0.2, 0) is 10.8 Å². The number of thiophene rings is 1. The van der Waals surface area contributed by atoms with Crippen molar-refractivity contribution in [2.75, 3.05) is 4.81 Å². The molecule has 10 aromatic rings. The second-order valence-electron chi connectivity index (χ2n) is 25.0. The lowest BCUT2D eigenvalue weighted by Crippen LogP contribution is -2.61. The van der Waals surface area contributed by atoms with Crippen LogP contribution in [0.2, 0.25) is 0 Å². The highest BCUT2D eigenvalue weighted by Crippen LogP contribution is 2.63. The van der Waals surface area contributed by atoms with Crippen LogP contribution < -0.4 is 15.7 Å². The first kappa shape index (κ1) is 39.5. The predicted octanol–water partition coefficient (Wildman–Crippen LogP) is 16.5. The molecule has 0 amide bonds. The van der Waals surface area contributed by atoms with Crippen LogP contribution in [0.25, 0.3) is 80.7 Å². The normalized spacial score (nSPS) is 28.3. The van der Waals surface area contributed by atoms with E-state index < -0.39 is 0 Å². The van der Waals surface area contributed by atoms with Crippen molar-refractivity contribution < 1.29 is 0 Å². The molecule has 20 rings (SSSR count). The summed E-state index contributed by atoms with van der Waals surface area (Å²) in [6.07, 6.45) is 17.2. The number of nitrogens with zero attached hydrogens (tertiary/aromatic N) is 2. The largest absolute Gasteiger partial charge is 0.376 e. The van der Waals surface area contributed by atoms with Gasteiger partial charge in [-0.2, -0.15) is 0 Å². The lowest BCUT2D eigenvalue weighted by atomic mass is 9.42. The molecule has 8 aliphatic carbocycles. The Hall–Kier alpha value is -6.10. The maximum absolute atomic E-state index is 2.82. The standard InChI is InChI=1S/C67H57BN2S/c1-38-17-56-53-31-63-55(54-25-47-9-5-6-10-48(47)26-62(54)71-63)30-60(53)70(51-14-11-46(12-15-51)45-7-3-2-4-8-45)68-58-29-50(67-35-42-22-43(36-67)24-44(23-42)37-67)28-57-52-27-49(66-32-39-19-40(33-66)21-41(20-39)34-66)13-16-59(52)69(65(57)58)61(18-38)64(56)68/h2-18,25-31,39-44H,19-24,32-37H2,1H3. The van der Waals surface area contributed by atoms with Gasteiger partial charge in [-0.25, -0.2) is 0 Å². The number of aryl methyl sites for hydroxylation is 1. The summed E-state index contributed by atoms with van der Waals surface area (Å²) in [6.45, 7) is 2.36. The van der Waals surface area contributed by atoms with Gasteiger partial charge in [0.2, 0.25) is 0 Å². The van der Waals surface area contributed by atoms with Crippen molar-refractivity contribution in [2.45, 2.75) is 94.8 Å². The van der Waals surface area contributed by atoms with E-state index >= 15 is 0 Å². The van der Waals surface area contributed by atoms with Gasteiger partial charge >= 0.3 is 6.85 Å². The van der Waals surface area contributed by atoms with Gasteiger partial charge in [0.05, 0.1) is 11.0 Å². The summed E-state index contributed by atoms with van der Waals surface area (Å²) in [7, 11) is 0. The van der Waals surface area contributed by atoms with Crippen LogP contribution in [0.5, 0.6) is 0 Å². The van der Waals surface area contributed by atoms with Crippen molar-refractivity contribution in [3.05, 3.63) is 162 Å². The highest BCUT2D eigenvalue weighted by molar-refractivity contribution is 7.26. The molecular formula is C67H57BN2S. The zero-order valence-corrected chi connectivity index (χ0v) is 41.5. The Labute approximate surface area is 420 Å². The molecule has 0 spiro atoms. The molecule has 344 valence electrons. The molecule has 71 heavy (non-hydrogen) atoms. The number of rotatable bonds is 4. The van der Waals surface area contributed by atoms with Crippen LogP contribution in [-0.4, -0.2) is 11.4 Å². The molecule has 0 unspecified atom stereocenters. The van der Waals surface area contributed by atoms with Crippen LogP contribution in [0.3, 0.4) is 0 Å². The van der Waals surface area contributed by atoms with Crippen molar-refractivity contribution in [3.8, 4) is 27.9 Å². The number of aromatic nitrogens is 1. The summed E-state index contributed by atoms with van der Waals surface area (Å²) < 4.78 is 5.51. The molecule has 10 aliphatic rings. The minimum absolute atomic E-state index is 0.00894. The molecule has 8 saturated carbocycles. The van der Waals surface area contributed by atoms with Gasteiger partial charge in [-0.1, -0.05) is 84.9 Å². The van der Waals surface area contributed by atoms with E-state index in [2.05, 4.69) is 162 Å².